The molecule has 8 heteroatoms. The molecule has 1 aliphatic heterocycles. The van der Waals surface area contributed by atoms with Crippen molar-refractivity contribution in [3.8, 4) is 23.0 Å². The van der Waals surface area contributed by atoms with Crippen molar-refractivity contribution in [3.05, 3.63) is 61.7 Å². The first kappa shape index (κ1) is 19.0. The molecule has 0 spiro atoms. The molecule has 1 atom stereocenters. The number of methoxy groups -OCH3 is 2. The molecule has 3 rings (SSSR count). The average molecular weight is 436 g/mol. The fourth-order valence-electron chi connectivity index (χ4n) is 2.90. The molecule has 2 aromatic carbocycles. The van der Waals surface area contributed by atoms with E-state index in [0.29, 0.717) is 40.7 Å². The number of hydrogen-bond acceptors (Lipinski definition) is 6. The minimum Gasteiger partial charge on any atom is -0.493 e. The summed E-state index contributed by atoms with van der Waals surface area (Å²) in [6.45, 7) is 2.35. The van der Waals surface area contributed by atoms with Crippen LogP contribution in [0.25, 0.3) is 6.08 Å². The topological polar surface area (TPSA) is 80.1 Å². The Morgan fingerprint density at radius 2 is 1.89 bits per heavy atom. The smallest absolute Gasteiger partial charge is 0.291 e. The van der Waals surface area contributed by atoms with Gasteiger partial charge in [-0.25, -0.2) is 0 Å². The molecule has 0 fully saturated rings. The minimum absolute atomic E-state index is 0.0751. The predicted octanol–water partition coefficient (Wildman–Crippen LogP) is 4.62. The summed E-state index contributed by atoms with van der Waals surface area (Å²) < 4.78 is 23.0. The molecule has 0 bridgehead atoms. The van der Waals surface area contributed by atoms with E-state index < -0.39 is 11.0 Å². The maximum Gasteiger partial charge on any atom is 0.291 e. The average Bonchev–Trinajstić information content (AvgIpc) is 2.66. The number of fused-ring (bicyclic) bond motifs is 1. The zero-order chi connectivity index (χ0) is 19.6. The summed E-state index contributed by atoms with van der Waals surface area (Å²) in [5.74, 6) is 1.98. The number of benzene rings is 2. The Hall–Kier alpha value is -2.74. The van der Waals surface area contributed by atoms with Crippen molar-refractivity contribution in [3.63, 3.8) is 0 Å². The SMILES string of the molecule is CCOc1ccc(C2Oc3c(cc(Br)cc3OC)C=C2[N+](=O)[O-])cc1OC. The summed E-state index contributed by atoms with van der Waals surface area (Å²) in [7, 11) is 3.04. The zero-order valence-electron chi connectivity index (χ0n) is 15.0. The molecule has 0 amide bonds. The molecule has 0 aliphatic carbocycles. The molecule has 0 saturated carbocycles. The number of hydrogen-bond donors (Lipinski definition) is 0. The quantitative estimate of drug-likeness (QED) is 0.486. The summed E-state index contributed by atoms with van der Waals surface area (Å²) in [4.78, 5) is 11.2. The van der Waals surface area contributed by atoms with E-state index in [4.69, 9.17) is 18.9 Å². The third-order valence-corrected chi connectivity index (χ3v) is 4.53. The van der Waals surface area contributed by atoms with Gasteiger partial charge in [0.25, 0.3) is 5.70 Å². The van der Waals surface area contributed by atoms with E-state index >= 15 is 0 Å². The van der Waals surface area contributed by atoms with E-state index in [1.54, 1.807) is 30.3 Å². The van der Waals surface area contributed by atoms with Crippen LogP contribution in [0.3, 0.4) is 0 Å². The van der Waals surface area contributed by atoms with Crippen molar-refractivity contribution in [1.82, 2.24) is 0 Å². The van der Waals surface area contributed by atoms with Gasteiger partial charge in [-0.15, -0.1) is 0 Å². The number of rotatable bonds is 6. The van der Waals surface area contributed by atoms with Crippen LogP contribution in [-0.4, -0.2) is 25.7 Å². The van der Waals surface area contributed by atoms with Gasteiger partial charge in [-0.05, 0) is 31.2 Å². The van der Waals surface area contributed by atoms with Crippen molar-refractivity contribution in [2.24, 2.45) is 0 Å². The monoisotopic (exact) mass is 435 g/mol. The van der Waals surface area contributed by atoms with E-state index in [-0.39, 0.29) is 5.70 Å². The second-order valence-electron chi connectivity index (χ2n) is 5.69. The van der Waals surface area contributed by atoms with Gasteiger partial charge in [0.15, 0.2) is 23.0 Å². The first-order valence-electron chi connectivity index (χ1n) is 8.19. The Labute approximate surface area is 164 Å². The molecule has 0 radical (unpaired) electrons. The van der Waals surface area contributed by atoms with Crippen molar-refractivity contribution < 1.29 is 23.9 Å². The standard InChI is InChI=1S/C19H18BrNO6/c1-4-26-15-6-5-11(9-16(15)24-2)18-14(21(22)23)8-12-7-13(20)10-17(25-3)19(12)27-18/h5-10,18H,4H2,1-3H3. The molecule has 1 aliphatic rings. The van der Waals surface area contributed by atoms with Crippen molar-refractivity contribution in [2.75, 3.05) is 20.8 Å². The van der Waals surface area contributed by atoms with Crippen LogP contribution in [0.4, 0.5) is 0 Å². The van der Waals surface area contributed by atoms with Gasteiger partial charge < -0.3 is 18.9 Å². The van der Waals surface area contributed by atoms with Gasteiger partial charge in [-0.2, -0.15) is 0 Å². The van der Waals surface area contributed by atoms with E-state index in [1.165, 1.54) is 20.3 Å². The molecule has 142 valence electrons. The highest BCUT2D eigenvalue weighted by atomic mass is 79.9. The van der Waals surface area contributed by atoms with Crippen molar-refractivity contribution >= 4 is 22.0 Å². The first-order valence-corrected chi connectivity index (χ1v) is 8.98. The summed E-state index contributed by atoms with van der Waals surface area (Å²) in [6.07, 6.45) is 0.590. The van der Waals surface area contributed by atoms with Crippen LogP contribution in [0.5, 0.6) is 23.0 Å². The van der Waals surface area contributed by atoms with E-state index in [0.717, 1.165) is 4.47 Å². The highest BCUT2D eigenvalue weighted by molar-refractivity contribution is 9.10. The number of nitro groups is 1. The zero-order valence-corrected chi connectivity index (χ0v) is 16.6. The minimum atomic E-state index is -0.910. The Balaban J connectivity index is 2.10. The van der Waals surface area contributed by atoms with Gasteiger partial charge in [0.05, 0.1) is 25.7 Å². The summed E-state index contributed by atoms with van der Waals surface area (Å²) in [6, 6.07) is 8.62. The van der Waals surface area contributed by atoms with Crippen LogP contribution in [0.2, 0.25) is 0 Å². The Morgan fingerprint density at radius 3 is 2.52 bits per heavy atom. The molecule has 7 nitrogen and oxygen atoms in total. The third kappa shape index (κ3) is 3.71. The fraction of sp³-hybridized carbons (Fsp3) is 0.263. The second kappa shape index (κ2) is 7.87. The lowest BCUT2D eigenvalue weighted by molar-refractivity contribution is -0.434. The lowest BCUT2D eigenvalue weighted by Gasteiger charge is -2.25. The van der Waals surface area contributed by atoms with E-state index in [9.17, 15) is 10.1 Å². The van der Waals surface area contributed by atoms with Crippen LogP contribution < -0.4 is 18.9 Å². The van der Waals surface area contributed by atoms with Crippen molar-refractivity contribution in [1.29, 1.82) is 0 Å². The molecule has 0 saturated heterocycles. The molecule has 0 aromatic heterocycles. The van der Waals surface area contributed by atoms with E-state index in [2.05, 4.69) is 15.9 Å². The largest absolute Gasteiger partial charge is 0.493 e. The Kier molecular flexibility index (Phi) is 5.55. The normalized spacial score (nSPS) is 15.3. The summed E-state index contributed by atoms with van der Waals surface area (Å²) in [5.41, 5.74) is 1.07. The fourth-order valence-corrected chi connectivity index (χ4v) is 3.35. The molecule has 27 heavy (non-hydrogen) atoms. The Bertz CT molecular complexity index is 911. The van der Waals surface area contributed by atoms with Gasteiger partial charge in [0.1, 0.15) is 0 Å². The lowest BCUT2D eigenvalue weighted by Crippen LogP contribution is -2.20. The molecule has 1 heterocycles. The molecular formula is C19H18BrNO6. The summed E-state index contributed by atoms with van der Waals surface area (Å²) >= 11 is 3.38. The molecular weight excluding hydrogens is 418 g/mol. The van der Waals surface area contributed by atoms with Gasteiger partial charge in [-0.1, -0.05) is 22.0 Å². The maximum atomic E-state index is 11.7. The highest BCUT2D eigenvalue weighted by Crippen LogP contribution is 2.45. The predicted molar refractivity (Wildman–Crippen MR) is 103 cm³/mol. The number of ether oxygens (including phenoxy) is 4. The number of halogens is 1. The molecule has 2 aromatic rings. The lowest BCUT2D eigenvalue weighted by atomic mass is 10.00. The van der Waals surface area contributed by atoms with Crippen LogP contribution in [0.1, 0.15) is 24.2 Å². The van der Waals surface area contributed by atoms with Gasteiger partial charge in [-0.3, -0.25) is 10.1 Å². The van der Waals surface area contributed by atoms with Crippen molar-refractivity contribution in [2.45, 2.75) is 13.0 Å². The third-order valence-electron chi connectivity index (χ3n) is 4.08. The van der Waals surface area contributed by atoms with Crippen LogP contribution in [0.15, 0.2) is 40.5 Å². The molecule has 0 N–H and O–H groups in total. The van der Waals surface area contributed by atoms with Gasteiger partial charge in [0, 0.05) is 21.7 Å². The van der Waals surface area contributed by atoms with Crippen LogP contribution in [-0.2, 0) is 0 Å². The highest BCUT2D eigenvalue weighted by Gasteiger charge is 2.35. The van der Waals surface area contributed by atoms with Gasteiger partial charge in [0.2, 0.25) is 6.10 Å². The summed E-state index contributed by atoms with van der Waals surface area (Å²) in [5, 5.41) is 11.7. The number of nitrogens with zero attached hydrogens (tertiary/aromatic N) is 1. The van der Waals surface area contributed by atoms with Crippen LogP contribution >= 0.6 is 15.9 Å². The maximum absolute atomic E-state index is 11.7. The van der Waals surface area contributed by atoms with E-state index in [1.807, 2.05) is 6.92 Å². The van der Waals surface area contributed by atoms with Gasteiger partial charge >= 0.3 is 0 Å². The van der Waals surface area contributed by atoms with Crippen LogP contribution in [0, 0.1) is 10.1 Å². The first-order chi connectivity index (χ1) is 13.0. The molecule has 1 unspecified atom stereocenters. The Morgan fingerprint density at radius 1 is 1.15 bits per heavy atom. The second-order valence-corrected chi connectivity index (χ2v) is 6.61.